The number of hydrogen-bond donors (Lipinski definition) is 5. The first-order chi connectivity index (χ1) is 17.8. The van der Waals surface area contributed by atoms with Gasteiger partial charge in [0.2, 0.25) is 23.6 Å². The summed E-state index contributed by atoms with van der Waals surface area (Å²) in [6, 6.07) is 5.89. The number of esters is 1. The molecule has 0 spiro atoms. The van der Waals surface area contributed by atoms with Crippen LogP contribution < -0.4 is 27.0 Å². The van der Waals surface area contributed by atoms with E-state index in [0.29, 0.717) is 27.4 Å². The number of benzene rings is 1. The number of ether oxygens (including phenoxy) is 1. The van der Waals surface area contributed by atoms with Crippen molar-refractivity contribution in [1.29, 1.82) is 0 Å². The SMILES string of the molecule is CC(=O)OCc1ccc(NC(=O)CNC(=O)C(NC(=O)CCC(=O)NCC(C)(C)PCCN)C(C)C)cc1. The zero-order valence-corrected chi connectivity index (χ0v) is 23.9. The van der Waals surface area contributed by atoms with Gasteiger partial charge in [-0.3, -0.25) is 24.0 Å². The van der Waals surface area contributed by atoms with Gasteiger partial charge in [-0.15, -0.1) is 8.58 Å². The fourth-order valence-electron chi connectivity index (χ4n) is 3.24. The Morgan fingerprint density at radius 1 is 0.974 bits per heavy atom. The summed E-state index contributed by atoms with van der Waals surface area (Å²) >= 11 is 0. The topological polar surface area (TPSA) is 169 Å². The molecule has 1 aromatic carbocycles. The second kappa shape index (κ2) is 16.7. The molecule has 2 atom stereocenters. The summed E-state index contributed by atoms with van der Waals surface area (Å²) < 4.78 is 4.92. The molecular weight excluding hydrogens is 509 g/mol. The van der Waals surface area contributed by atoms with Crippen molar-refractivity contribution in [1.82, 2.24) is 16.0 Å². The quantitative estimate of drug-likeness (QED) is 0.152. The largest absolute Gasteiger partial charge is 0.461 e. The highest BCUT2D eigenvalue weighted by atomic mass is 31.1. The lowest BCUT2D eigenvalue weighted by Gasteiger charge is -2.25. The van der Waals surface area contributed by atoms with Crippen molar-refractivity contribution in [3.8, 4) is 0 Å². The average Bonchev–Trinajstić information content (AvgIpc) is 2.86. The third-order valence-electron chi connectivity index (χ3n) is 5.42. The lowest BCUT2D eigenvalue weighted by Crippen LogP contribution is -2.51. The molecule has 0 bridgehead atoms. The first-order valence-corrected chi connectivity index (χ1v) is 13.8. The van der Waals surface area contributed by atoms with E-state index < -0.39 is 23.8 Å². The van der Waals surface area contributed by atoms with Crippen LogP contribution >= 0.6 is 8.58 Å². The van der Waals surface area contributed by atoms with Gasteiger partial charge in [0.15, 0.2) is 0 Å². The maximum Gasteiger partial charge on any atom is 0.302 e. The second-order valence-corrected chi connectivity index (χ2v) is 12.1. The van der Waals surface area contributed by atoms with Gasteiger partial charge in [0.25, 0.3) is 0 Å². The molecule has 4 amide bonds. The Balaban J connectivity index is 2.46. The van der Waals surface area contributed by atoms with Gasteiger partial charge >= 0.3 is 5.97 Å². The highest BCUT2D eigenvalue weighted by Crippen LogP contribution is 2.29. The number of hydrogen-bond acceptors (Lipinski definition) is 7. The fourth-order valence-corrected chi connectivity index (χ4v) is 4.27. The van der Waals surface area contributed by atoms with Crippen molar-refractivity contribution in [3.05, 3.63) is 29.8 Å². The smallest absolute Gasteiger partial charge is 0.302 e. The number of nitrogens with two attached hydrogens (primary N) is 1. The Kier molecular flexibility index (Phi) is 14.5. The van der Waals surface area contributed by atoms with Crippen molar-refractivity contribution in [2.75, 3.05) is 31.1 Å². The minimum atomic E-state index is -0.852. The normalized spacial score (nSPS) is 12.2. The minimum absolute atomic E-state index is 0.0103. The third kappa shape index (κ3) is 14.0. The summed E-state index contributed by atoms with van der Waals surface area (Å²) in [6.07, 6.45) is 0.857. The maximum atomic E-state index is 12.7. The van der Waals surface area contributed by atoms with Crippen molar-refractivity contribution < 1.29 is 28.7 Å². The Hall–Kier alpha value is -3.04. The molecule has 0 fully saturated rings. The Bertz CT molecular complexity index is 952. The van der Waals surface area contributed by atoms with E-state index in [4.69, 9.17) is 10.5 Å². The Morgan fingerprint density at radius 2 is 1.61 bits per heavy atom. The highest BCUT2D eigenvalue weighted by Gasteiger charge is 2.25. The number of carbonyl (C=O) groups excluding carboxylic acids is 5. The first-order valence-electron chi connectivity index (χ1n) is 12.6. The number of rotatable bonds is 16. The van der Waals surface area contributed by atoms with Gasteiger partial charge in [-0.05, 0) is 41.5 Å². The lowest BCUT2D eigenvalue weighted by atomic mass is 10.0. The molecule has 0 saturated carbocycles. The average molecular weight is 552 g/mol. The van der Waals surface area contributed by atoms with Crippen LogP contribution in [0.2, 0.25) is 0 Å². The number of nitrogens with one attached hydrogen (secondary N) is 4. The number of carbonyl (C=O) groups is 5. The molecule has 0 aliphatic rings. The van der Waals surface area contributed by atoms with Crippen LogP contribution in [0.1, 0.15) is 53.0 Å². The summed E-state index contributed by atoms with van der Waals surface area (Å²) in [5.41, 5.74) is 6.84. The van der Waals surface area contributed by atoms with Crippen LogP contribution in [0.25, 0.3) is 0 Å². The van der Waals surface area contributed by atoms with Crippen LogP contribution in [0.3, 0.4) is 0 Å². The third-order valence-corrected chi connectivity index (χ3v) is 7.10. The van der Waals surface area contributed by atoms with Crippen LogP contribution in [0.5, 0.6) is 0 Å². The first kappa shape index (κ1) is 33.0. The fraction of sp³-hybridized carbons (Fsp3) is 0.577. The predicted molar refractivity (Wildman–Crippen MR) is 149 cm³/mol. The summed E-state index contributed by atoms with van der Waals surface area (Å²) in [4.78, 5) is 60.4. The number of anilines is 1. The van der Waals surface area contributed by atoms with E-state index in [2.05, 4.69) is 35.1 Å². The van der Waals surface area contributed by atoms with E-state index in [9.17, 15) is 24.0 Å². The van der Waals surface area contributed by atoms with Crippen molar-refractivity contribution >= 4 is 43.9 Å². The van der Waals surface area contributed by atoms with Gasteiger partial charge in [0.05, 0.1) is 6.54 Å². The minimum Gasteiger partial charge on any atom is -0.461 e. The Labute approximate surface area is 226 Å². The van der Waals surface area contributed by atoms with E-state index in [0.717, 1.165) is 11.7 Å². The van der Waals surface area contributed by atoms with E-state index in [-0.39, 0.29) is 48.9 Å². The van der Waals surface area contributed by atoms with Gasteiger partial charge in [-0.2, -0.15) is 0 Å². The molecule has 0 radical (unpaired) electrons. The van der Waals surface area contributed by atoms with E-state index in [1.54, 1.807) is 38.1 Å². The highest BCUT2D eigenvalue weighted by molar-refractivity contribution is 7.40. The summed E-state index contributed by atoms with van der Waals surface area (Å²) in [7, 11) is 0.627. The van der Waals surface area contributed by atoms with Crippen LogP contribution in [0.4, 0.5) is 5.69 Å². The molecule has 1 aromatic rings. The molecule has 0 saturated heterocycles. The van der Waals surface area contributed by atoms with Gasteiger partial charge < -0.3 is 31.7 Å². The molecule has 0 heterocycles. The summed E-state index contributed by atoms with van der Waals surface area (Å²) in [5.74, 6) is -2.19. The van der Waals surface area contributed by atoms with Crippen molar-refractivity contribution in [2.45, 2.75) is 65.3 Å². The molecule has 0 aliphatic heterocycles. The molecule has 12 heteroatoms. The molecule has 38 heavy (non-hydrogen) atoms. The maximum absolute atomic E-state index is 12.7. The van der Waals surface area contributed by atoms with Gasteiger partial charge in [-0.1, -0.05) is 39.8 Å². The van der Waals surface area contributed by atoms with Gasteiger partial charge in [0, 0.05) is 32.0 Å². The molecule has 6 N–H and O–H groups in total. The van der Waals surface area contributed by atoms with Gasteiger partial charge in [0.1, 0.15) is 12.6 Å². The zero-order chi connectivity index (χ0) is 28.7. The van der Waals surface area contributed by atoms with Crippen LogP contribution in [-0.2, 0) is 35.3 Å². The molecule has 0 aromatic heterocycles. The second-order valence-electron chi connectivity index (χ2n) is 9.91. The van der Waals surface area contributed by atoms with E-state index in [1.807, 2.05) is 0 Å². The molecule has 1 rings (SSSR count). The zero-order valence-electron chi connectivity index (χ0n) is 22.9. The molecule has 11 nitrogen and oxygen atoms in total. The lowest BCUT2D eigenvalue weighted by molar-refractivity contribution is -0.142. The van der Waals surface area contributed by atoms with E-state index in [1.165, 1.54) is 6.92 Å². The Morgan fingerprint density at radius 3 is 2.18 bits per heavy atom. The molecule has 2 unspecified atom stereocenters. The van der Waals surface area contributed by atoms with E-state index >= 15 is 0 Å². The van der Waals surface area contributed by atoms with Crippen LogP contribution in [0.15, 0.2) is 24.3 Å². The predicted octanol–water partition coefficient (Wildman–Crippen LogP) is 1.26. The van der Waals surface area contributed by atoms with Crippen molar-refractivity contribution in [2.24, 2.45) is 11.7 Å². The monoisotopic (exact) mass is 551 g/mol. The molecule has 212 valence electrons. The van der Waals surface area contributed by atoms with Crippen LogP contribution in [0, 0.1) is 5.92 Å². The van der Waals surface area contributed by atoms with Crippen LogP contribution in [-0.4, -0.2) is 66.6 Å². The number of amides is 4. The van der Waals surface area contributed by atoms with Gasteiger partial charge in [-0.25, -0.2) is 0 Å². The summed E-state index contributed by atoms with van der Waals surface area (Å²) in [6.45, 7) is 9.97. The standard InChI is InChI=1S/C26H42N5O6P/c1-17(2)24(31-22(34)11-10-21(33)29-16-26(4,5)38-13-12-27)25(36)28-14-23(35)30-20-8-6-19(7-9-20)15-37-18(3)32/h6-9,17,24,38H,10-16,27H2,1-5H3,(H,28,36)(H,29,33)(H,30,35)(H,31,34). The van der Waals surface area contributed by atoms with Crippen molar-refractivity contribution in [3.63, 3.8) is 0 Å². The molecular formula is C26H42N5O6P. The molecule has 0 aliphatic carbocycles. The summed E-state index contributed by atoms with van der Waals surface area (Å²) in [5, 5.41) is 10.7.